The van der Waals surface area contributed by atoms with Gasteiger partial charge in [-0.05, 0) is 0 Å². The van der Waals surface area contributed by atoms with Crippen LogP contribution < -0.4 is 0 Å². The van der Waals surface area contributed by atoms with E-state index in [0.717, 1.165) is 0 Å². The highest BCUT2D eigenvalue weighted by atomic mass is 31.2. The van der Waals surface area contributed by atoms with E-state index < -0.39 is 44.9 Å². The Bertz CT molecular complexity index is 333. The van der Waals surface area contributed by atoms with Crippen molar-refractivity contribution in [2.24, 2.45) is 0 Å². The third kappa shape index (κ3) is 17.5. The van der Waals surface area contributed by atoms with Crippen molar-refractivity contribution in [3.63, 3.8) is 0 Å². The Labute approximate surface area is 112 Å². The zero-order chi connectivity index (χ0) is 13.2. The van der Waals surface area contributed by atoms with Crippen LogP contribution >= 0.6 is 15.2 Å². The Kier molecular flexibility index (Phi) is 16.3. The second-order valence-electron chi connectivity index (χ2n) is 3.22. The smallest absolute Gasteiger partial charge is 0.379 e. The summed E-state index contributed by atoms with van der Waals surface area (Å²) >= 11 is 0. The number of nitrogens with zero attached hydrogens (tertiary/aromatic N) is 1. The molecular formula is C4H19NO13P2. The molecule has 0 aromatic rings. The Morgan fingerprint density at radius 2 is 1.15 bits per heavy atom. The number of hydrogen-bond acceptors (Lipinski definition) is 4. The second kappa shape index (κ2) is 10.3. The monoisotopic (exact) mass is 351 g/mol. The molecular weight excluding hydrogens is 332 g/mol. The van der Waals surface area contributed by atoms with Crippen molar-refractivity contribution in [2.75, 3.05) is 19.1 Å². The van der Waals surface area contributed by atoms with E-state index in [0.29, 0.717) is 0 Å². The molecule has 0 amide bonds. The van der Waals surface area contributed by atoms with Crippen molar-refractivity contribution in [2.45, 2.75) is 0 Å². The van der Waals surface area contributed by atoms with Crippen LogP contribution in [0.3, 0.4) is 0 Å². The summed E-state index contributed by atoms with van der Waals surface area (Å²) in [6.45, 7) is -1.34. The quantitative estimate of drug-likeness (QED) is 0.174. The maximum atomic E-state index is 11.5. The predicted molar refractivity (Wildman–Crippen MR) is 64.4 cm³/mol. The molecule has 0 saturated carbocycles. The summed E-state index contributed by atoms with van der Waals surface area (Å²) in [5, 5.41) is 19.8. The summed E-state index contributed by atoms with van der Waals surface area (Å²) in [5.41, 5.74) is 0. The van der Waals surface area contributed by atoms with Gasteiger partial charge < -0.3 is 56.4 Å². The molecule has 0 aromatic heterocycles. The maximum Gasteiger partial charge on any atom is 0.379 e. The van der Waals surface area contributed by atoms with Crippen molar-refractivity contribution in [1.29, 1.82) is 0 Å². The Morgan fingerprint density at radius 1 is 0.900 bits per heavy atom. The third-order valence-corrected chi connectivity index (χ3v) is 3.08. The Balaban J connectivity index is -0.000000187. The molecule has 14 nitrogen and oxygen atoms in total. The van der Waals surface area contributed by atoms with Gasteiger partial charge in [0.1, 0.15) is 0 Å². The molecule has 20 heavy (non-hydrogen) atoms. The van der Waals surface area contributed by atoms with E-state index in [9.17, 15) is 19.1 Å². The van der Waals surface area contributed by atoms with Crippen molar-refractivity contribution in [3.8, 4) is 0 Å². The molecule has 0 atom stereocenters. The first-order valence-electron chi connectivity index (χ1n) is 3.71. The van der Waals surface area contributed by atoms with Gasteiger partial charge in [-0.25, -0.2) is 4.79 Å². The lowest BCUT2D eigenvalue weighted by Gasteiger charge is -2.40. The van der Waals surface area contributed by atoms with Crippen LogP contribution in [0.5, 0.6) is 0 Å². The average molecular weight is 351 g/mol. The fraction of sp³-hybridized carbons (Fsp3) is 0.750. The van der Waals surface area contributed by atoms with Crippen LogP contribution in [0.2, 0.25) is 0 Å². The average Bonchev–Trinajstić information content (AvgIpc) is 1.69. The number of rotatable bonds is 6. The zero-order valence-electron chi connectivity index (χ0n) is 9.83. The fourth-order valence-electron chi connectivity index (χ4n) is 1.06. The fourth-order valence-corrected chi connectivity index (χ4v) is 2.96. The highest BCUT2D eigenvalue weighted by molar-refractivity contribution is 7.52. The predicted octanol–water partition coefficient (Wildman–Crippen LogP) is -4.64. The lowest BCUT2D eigenvalue weighted by atomic mass is 10.6. The van der Waals surface area contributed by atoms with Crippen LogP contribution in [-0.4, -0.2) is 76.3 Å². The molecule has 0 aliphatic carbocycles. The molecule has 128 valence electrons. The molecule has 13 N–H and O–H groups in total. The summed E-state index contributed by atoms with van der Waals surface area (Å²) in [5.74, 6) is -1.71. The lowest BCUT2D eigenvalue weighted by Crippen LogP contribution is -2.47. The maximum absolute atomic E-state index is 11.5. The highest BCUT2D eigenvalue weighted by Crippen LogP contribution is 2.44. The Hall–Kier alpha value is -0.470. The summed E-state index contributed by atoms with van der Waals surface area (Å²) in [6.07, 6.45) is -2.99. The first-order valence-corrected chi connectivity index (χ1v) is 7.31. The molecule has 0 bridgehead atoms. The lowest BCUT2D eigenvalue weighted by molar-refractivity contribution is -0.851. The minimum Gasteiger partial charge on any atom is -0.631 e. The molecule has 0 fully saturated rings. The van der Waals surface area contributed by atoms with Crippen LogP contribution in [0.4, 0.5) is 0 Å². The molecule has 0 spiro atoms. The third-order valence-electron chi connectivity index (χ3n) is 1.31. The van der Waals surface area contributed by atoms with Gasteiger partial charge in [0.15, 0.2) is 19.1 Å². The Morgan fingerprint density at radius 3 is 1.30 bits per heavy atom. The normalized spacial score (nSPS) is 11.1. The van der Waals surface area contributed by atoms with Crippen molar-refractivity contribution < 1.29 is 65.2 Å². The molecule has 0 aliphatic heterocycles. The number of carboxylic acid groups (broad SMARTS) is 1. The molecule has 0 aliphatic rings. The molecule has 0 radical (unpaired) electrons. The van der Waals surface area contributed by atoms with E-state index >= 15 is 0 Å². The molecule has 16 heteroatoms. The largest absolute Gasteiger partial charge is 0.631 e. The summed E-state index contributed by atoms with van der Waals surface area (Å²) in [7, 11) is -9.75. The van der Waals surface area contributed by atoms with E-state index in [-0.39, 0.29) is 21.9 Å². The first kappa shape index (κ1) is 31.8. The van der Waals surface area contributed by atoms with Gasteiger partial charge in [0.05, 0.1) is 0 Å². The van der Waals surface area contributed by atoms with Crippen LogP contribution in [0, 0.1) is 5.21 Å². The number of carboxylic acids is 1. The van der Waals surface area contributed by atoms with Crippen molar-refractivity contribution in [3.05, 3.63) is 5.21 Å². The summed E-state index contributed by atoms with van der Waals surface area (Å²) < 4.78 is 18.9. The highest BCUT2D eigenvalue weighted by Gasteiger charge is 2.36. The number of hydroxylamine groups is 3. The molecule has 0 heterocycles. The van der Waals surface area contributed by atoms with E-state index in [1.165, 1.54) is 0 Å². The van der Waals surface area contributed by atoms with E-state index in [4.69, 9.17) is 24.7 Å². The molecule has 0 rings (SSSR count). The first-order chi connectivity index (χ1) is 6.83. The van der Waals surface area contributed by atoms with Gasteiger partial charge in [0.25, 0.3) is 0 Å². The van der Waals surface area contributed by atoms with Gasteiger partial charge in [-0.3, -0.25) is 9.13 Å². The van der Waals surface area contributed by atoms with Crippen LogP contribution in [0.15, 0.2) is 0 Å². The van der Waals surface area contributed by atoms with Crippen molar-refractivity contribution in [1.82, 2.24) is 0 Å². The summed E-state index contributed by atoms with van der Waals surface area (Å²) in [6, 6.07) is 0. The van der Waals surface area contributed by atoms with E-state index in [2.05, 4.69) is 0 Å². The SMILES string of the molecule is O.O.O.O.O=C(O)C[N+]([O-])(CP(=O)(O)O)CP(=O)(O)O. The number of aliphatic carboxylic acids is 1. The minimum absolute atomic E-state index is 0. The molecule has 0 aromatic carbocycles. The number of carbonyl (C=O) groups is 1. The topological polar surface area (TPSA) is 301 Å². The zero-order valence-corrected chi connectivity index (χ0v) is 11.6. The molecule has 0 saturated heterocycles. The second-order valence-corrected chi connectivity index (χ2v) is 6.45. The van der Waals surface area contributed by atoms with Crippen LogP contribution in [0.1, 0.15) is 0 Å². The van der Waals surface area contributed by atoms with Crippen LogP contribution in [-0.2, 0) is 13.9 Å². The number of quaternary nitrogens is 1. The summed E-state index contributed by atoms with van der Waals surface area (Å²) in [4.78, 5) is 44.3. The van der Waals surface area contributed by atoms with Gasteiger partial charge >= 0.3 is 21.2 Å². The van der Waals surface area contributed by atoms with Crippen LogP contribution in [0.25, 0.3) is 0 Å². The van der Waals surface area contributed by atoms with Gasteiger partial charge in [0, 0.05) is 0 Å². The van der Waals surface area contributed by atoms with E-state index in [1.807, 2.05) is 0 Å². The van der Waals surface area contributed by atoms with Gasteiger partial charge in [-0.2, -0.15) is 0 Å². The number of hydrogen-bond donors (Lipinski definition) is 5. The minimum atomic E-state index is -4.88. The van der Waals surface area contributed by atoms with Gasteiger partial charge in [-0.1, -0.05) is 0 Å². The van der Waals surface area contributed by atoms with Crippen molar-refractivity contribution >= 4 is 21.2 Å². The van der Waals surface area contributed by atoms with Gasteiger partial charge in [-0.15, -0.1) is 0 Å². The molecule has 0 unspecified atom stereocenters. The van der Waals surface area contributed by atoms with Gasteiger partial charge in [0.2, 0.25) is 0 Å². The standard InChI is InChI=1S/C4H11NO9P2.4H2O/c6-4(7)1-5(8,2-15(9,10)11)3-16(12,13)14;;;;/h1-3H2,(H,6,7)(H2,9,10,11)(H2,12,13,14);4*1H2. The van der Waals surface area contributed by atoms with E-state index in [1.54, 1.807) is 0 Å².